The number of aryl methyl sites for hydroxylation is 1. The molecular formula is C20H20N4O5S. The Morgan fingerprint density at radius 1 is 0.933 bits per heavy atom. The number of carbonyl (C=O) groups excluding carboxylic acids is 1. The molecule has 3 aromatic rings. The molecule has 0 saturated heterocycles. The average molecular weight is 428 g/mol. The van der Waals surface area contributed by atoms with Gasteiger partial charge in [-0.05, 0) is 31.2 Å². The third kappa shape index (κ3) is 5.03. The molecule has 0 unspecified atom stereocenters. The van der Waals surface area contributed by atoms with Crippen LogP contribution in [0.5, 0.6) is 11.8 Å². The maximum absolute atomic E-state index is 12.4. The van der Waals surface area contributed by atoms with Gasteiger partial charge in [-0.2, -0.15) is 9.97 Å². The molecule has 0 radical (unpaired) electrons. The number of nitrogens with zero attached hydrogens (tertiary/aromatic N) is 2. The molecule has 0 aliphatic heterocycles. The molecular weight excluding hydrogens is 408 g/mol. The molecule has 1 heterocycles. The quantitative estimate of drug-likeness (QED) is 0.619. The van der Waals surface area contributed by atoms with Gasteiger partial charge in [0, 0.05) is 11.3 Å². The number of methoxy groups -OCH3 is 2. The molecule has 0 bridgehead atoms. The van der Waals surface area contributed by atoms with Crippen LogP contribution in [0, 0.1) is 6.92 Å². The first-order valence-corrected chi connectivity index (χ1v) is 10.3. The van der Waals surface area contributed by atoms with E-state index in [0.717, 1.165) is 5.56 Å². The van der Waals surface area contributed by atoms with Gasteiger partial charge in [-0.1, -0.05) is 29.8 Å². The van der Waals surface area contributed by atoms with E-state index in [1.807, 2.05) is 11.6 Å². The van der Waals surface area contributed by atoms with Gasteiger partial charge in [-0.15, -0.1) is 0 Å². The number of rotatable bonds is 6. The molecule has 2 amide bonds. The first kappa shape index (κ1) is 21.1. The number of urea groups is 1. The van der Waals surface area contributed by atoms with E-state index in [9.17, 15) is 13.2 Å². The Bertz CT molecular complexity index is 1140. The van der Waals surface area contributed by atoms with Gasteiger partial charge in [0.2, 0.25) is 11.8 Å². The van der Waals surface area contributed by atoms with Crippen molar-refractivity contribution in [1.82, 2.24) is 14.7 Å². The van der Waals surface area contributed by atoms with Crippen LogP contribution < -0.4 is 19.5 Å². The number of aromatic nitrogens is 2. The summed E-state index contributed by atoms with van der Waals surface area (Å²) in [5.74, 6) is 0.955. The molecule has 0 atom stereocenters. The zero-order valence-electron chi connectivity index (χ0n) is 16.5. The normalized spacial score (nSPS) is 10.9. The van der Waals surface area contributed by atoms with E-state index in [-0.39, 0.29) is 4.90 Å². The van der Waals surface area contributed by atoms with Crippen LogP contribution in [-0.2, 0) is 10.0 Å². The standard InChI is InChI=1S/C20H20N4O5S/c1-13-7-9-16(10-8-13)30(26,27)24-20(25)21-15-6-4-5-14(11-15)19-22-17(28-2)12-18(23-19)29-3/h4-12H,1-3H3,(H2,21,24,25). The monoisotopic (exact) mass is 428 g/mol. The number of sulfonamides is 1. The van der Waals surface area contributed by atoms with Crippen LogP contribution in [0.3, 0.4) is 0 Å². The minimum atomic E-state index is -4.00. The summed E-state index contributed by atoms with van der Waals surface area (Å²) in [6, 6.07) is 13.4. The summed E-state index contributed by atoms with van der Waals surface area (Å²) in [5, 5.41) is 2.50. The van der Waals surface area contributed by atoms with Crippen LogP contribution >= 0.6 is 0 Å². The van der Waals surface area contributed by atoms with Crippen LogP contribution in [0.2, 0.25) is 0 Å². The van der Waals surface area contributed by atoms with Gasteiger partial charge in [0.05, 0.1) is 25.2 Å². The van der Waals surface area contributed by atoms with Gasteiger partial charge >= 0.3 is 6.03 Å². The largest absolute Gasteiger partial charge is 0.481 e. The predicted molar refractivity (Wildman–Crippen MR) is 111 cm³/mol. The second kappa shape index (κ2) is 8.78. The third-order valence-corrected chi connectivity index (χ3v) is 5.38. The van der Waals surface area contributed by atoms with Crippen LogP contribution in [-0.4, -0.2) is 38.6 Å². The fraction of sp³-hybridized carbons (Fsp3) is 0.150. The Balaban J connectivity index is 1.78. The van der Waals surface area contributed by atoms with E-state index in [2.05, 4.69) is 15.3 Å². The summed E-state index contributed by atoms with van der Waals surface area (Å²) in [4.78, 5) is 20.8. The van der Waals surface area contributed by atoms with E-state index >= 15 is 0 Å². The van der Waals surface area contributed by atoms with Crippen molar-refractivity contribution in [2.45, 2.75) is 11.8 Å². The maximum Gasteiger partial charge on any atom is 0.333 e. The second-order valence-electron chi connectivity index (χ2n) is 6.23. The molecule has 3 rings (SSSR count). The summed E-state index contributed by atoms with van der Waals surface area (Å²) in [6.07, 6.45) is 0. The molecule has 1 aromatic heterocycles. The minimum absolute atomic E-state index is 0.00567. The molecule has 0 saturated carbocycles. The molecule has 0 spiro atoms. The summed E-state index contributed by atoms with van der Waals surface area (Å²) < 4.78 is 37.0. The molecule has 156 valence electrons. The molecule has 2 N–H and O–H groups in total. The zero-order chi connectivity index (χ0) is 21.7. The lowest BCUT2D eigenvalue weighted by molar-refractivity contribution is 0.256. The fourth-order valence-corrected chi connectivity index (χ4v) is 3.44. The maximum atomic E-state index is 12.4. The first-order chi connectivity index (χ1) is 14.3. The molecule has 9 nitrogen and oxygen atoms in total. The summed E-state index contributed by atoms with van der Waals surface area (Å²) in [6.45, 7) is 1.84. The van der Waals surface area contributed by atoms with Crippen molar-refractivity contribution < 1.29 is 22.7 Å². The molecule has 0 aliphatic carbocycles. The van der Waals surface area contributed by atoms with E-state index in [1.54, 1.807) is 36.4 Å². The van der Waals surface area contributed by atoms with Gasteiger partial charge < -0.3 is 14.8 Å². The van der Waals surface area contributed by atoms with Crippen molar-refractivity contribution in [2.24, 2.45) is 0 Å². The molecule has 30 heavy (non-hydrogen) atoms. The lowest BCUT2D eigenvalue weighted by atomic mass is 10.2. The Morgan fingerprint density at radius 2 is 1.57 bits per heavy atom. The highest BCUT2D eigenvalue weighted by molar-refractivity contribution is 7.90. The van der Waals surface area contributed by atoms with E-state index in [4.69, 9.17) is 9.47 Å². The topological polar surface area (TPSA) is 120 Å². The number of hydrogen-bond donors (Lipinski definition) is 2. The van der Waals surface area contributed by atoms with Crippen molar-refractivity contribution in [3.05, 3.63) is 60.2 Å². The van der Waals surface area contributed by atoms with Crippen LogP contribution in [0.15, 0.2) is 59.5 Å². The molecule has 2 aromatic carbocycles. The summed E-state index contributed by atoms with van der Waals surface area (Å²) in [7, 11) is -1.05. The van der Waals surface area contributed by atoms with Crippen LogP contribution in [0.25, 0.3) is 11.4 Å². The van der Waals surface area contributed by atoms with E-state index < -0.39 is 16.1 Å². The Morgan fingerprint density at radius 3 is 2.17 bits per heavy atom. The second-order valence-corrected chi connectivity index (χ2v) is 7.91. The molecule has 10 heteroatoms. The van der Waals surface area contributed by atoms with Crippen molar-refractivity contribution in [2.75, 3.05) is 19.5 Å². The number of carbonyl (C=O) groups is 1. The lowest BCUT2D eigenvalue weighted by Gasteiger charge is -2.10. The number of hydrogen-bond acceptors (Lipinski definition) is 7. The smallest absolute Gasteiger partial charge is 0.333 e. The first-order valence-electron chi connectivity index (χ1n) is 8.78. The van der Waals surface area contributed by atoms with Crippen LogP contribution in [0.4, 0.5) is 10.5 Å². The molecule has 0 aliphatic rings. The Hall–Kier alpha value is -3.66. The third-order valence-electron chi connectivity index (χ3n) is 4.03. The summed E-state index contributed by atoms with van der Waals surface area (Å²) in [5.41, 5.74) is 1.84. The van der Waals surface area contributed by atoms with Crippen molar-refractivity contribution >= 4 is 21.7 Å². The van der Waals surface area contributed by atoms with Gasteiger partial charge in [-0.3, -0.25) is 0 Å². The SMILES string of the molecule is COc1cc(OC)nc(-c2cccc(NC(=O)NS(=O)(=O)c3ccc(C)cc3)c2)n1. The van der Waals surface area contributed by atoms with Gasteiger partial charge in [-0.25, -0.2) is 17.9 Å². The van der Waals surface area contributed by atoms with E-state index in [0.29, 0.717) is 28.8 Å². The van der Waals surface area contributed by atoms with E-state index in [1.165, 1.54) is 32.4 Å². The Labute approximate surface area is 174 Å². The number of ether oxygens (including phenoxy) is 2. The van der Waals surface area contributed by atoms with Crippen molar-refractivity contribution in [3.63, 3.8) is 0 Å². The average Bonchev–Trinajstić information content (AvgIpc) is 2.73. The van der Waals surface area contributed by atoms with Crippen molar-refractivity contribution in [3.8, 4) is 23.1 Å². The lowest BCUT2D eigenvalue weighted by Crippen LogP contribution is -2.34. The Kier molecular flexibility index (Phi) is 6.17. The highest BCUT2D eigenvalue weighted by Crippen LogP contribution is 2.24. The fourth-order valence-electron chi connectivity index (χ4n) is 2.53. The van der Waals surface area contributed by atoms with Gasteiger partial charge in [0.15, 0.2) is 5.82 Å². The van der Waals surface area contributed by atoms with Gasteiger partial charge in [0.25, 0.3) is 10.0 Å². The minimum Gasteiger partial charge on any atom is -0.481 e. The number of benzene rings is 2. The number of nitrogens with one attached hydrogen (secondary N) is 2. The number of amides is 2. The van der Waals surface area contributed by atoms with Gasteiger partial charge in [0.1, 0.15) is 0 Å². The molecule has 0 fully saturated rings. The zero-order valence-corrected chi connectivity index (χ0v) is 17.4. The summed E-state index contributed by atoms with van der Waals surface area (Å²) >= 11 is 0. The number of anilines is 1. The predicted octanol–water partition coefficient (Wildman–Crippen LogP) is 2.98. The highest BCUT2D eigenvalue weighted by atomic mass is 32.2. The highest BCUT2D eigenvalue weighted by Gasteiger charge is 2.17. The van der Waals surface area contributed by atoms with Crippen molar-refractivity contribution in [1.29, 1.82) is 0 Å². The van der Waals surface area contributed by atoms with Crippen LogP contribution in [0.1, 0.15) is 5.56 Å².